The lowest BCUT2D eigenvalue weighted by Crippen LogP contribution is -2.37. The number of hydrogen-bond acceptors (Lipinski definition) is 2. The van der Waals surface area contributed by atoms with Crippen LogP contribution in [0.15, 0.2) is 12.2 Å². The maximum atomic E-state index is 10.9. The second-order valence-electron chi connectivity index (χ2n) is 4.41. The number of nitrogens with one attached hydrogen (secondary N) is 1. The van der Waals surface area contributed by atoms with Crippen molar-refractivity contribution < 1.29 is 9.90 Å². The van der Waals surface area contributed by atoms with Crippen LogP contribution in [0.2, 0.25) is 0 Å². The predicted molar refractivity (Wildman–Crippen MR) is 47.1 cm³/mol. The van der Waals surface area contributed by atoms with Crippen LogP contribution >= 0.6 is 0 Å². The molecule has 0 aromatic heterocycles. The van der Waals surface area contributed by atoms with Crippen LogP contribution < -0.4 is 5.32 Å². The summed E-state index contributed by atoms with van der Waals surface area (Å²) in [6.45, 7) is 0.896. The van der Waals surface area contributed by atoms with Crippen LogP contribution in [0.5, 0.6) is 0 Å². The van der Waals surface area contributed by atoms with Crippen molar-refractivity contribution in [2.75, 3.05) is 6.54 Å². The summed E-state index contributed by atoms with van der Waals surface area (Å²) in [6.07, 6.45) is 5.69. The Morgan fingerprint density at radius 3 is 2.92 bits per heavy atom. The average Bonchev–Trinajstić information content (AvgIpc) is 2.76. The molecule has 0 aromatic carbocycles. The van der Waals surface area contributed by atoms with Gasteiger partial charge < -0.3 is 10.4 Å². The van der Waals surface area contributed by atoms with Crippen LogP contribution in [0.25, 0.3) is 0 Å². The number of carboxylic acid groups (broad SMARTS) is 1. The molecule has 1 heterocycles. The molecule has 2 fully saturated rings. The SMILES string of the molecule is O=C(O)C1NCC2C3C=CC(C3)C12. The molecule has 1 saturated carbocycles. The molecule has 2 aliphatic carbocycles. The number of hydrogen-bond donors (Lipinski definition) is 2. The third-order valence-corrected chi connectivity index (χ3v) is 3.91. The van der Waals surface area contributed by atoms with E-state index in [2.05, 4.69) is 17.5 Å². The Hall–Kier alpha value is -0.830. The highest BCUT2D eigenvalue weighted by Gasteiger charge is 2.53. The number of allylic oxidation sites excluding steroid dienone is 2. The fourth-order valence-electron chi connectivity index (χ4n) is 3.40. The zero-order valence-corrected chi connectivity index (χ0v) is 7.31. The van der Waals surface area contributed by atoms with Crippen LogP contribution in [-0.2, 0) is 4.79 Å². The first-order valence-corrected chi connectivity index (χ1v) is 4.92. The van der Waals surface area contributed by atoms with E-state index in [1.54, 1.807) is 0 Å². The molecule has 3 heteroatoms. The first-order chi connectivity index (χ1) is 6.27. The standard InChI is InChI=1S/C10H13NO2/c12-10(13)9-8-6-2-1-5(3-6)7(8)4-11-9/h1-2,5-9,11H,3-4H2,(H,12,13). The monoisotopic (exact) mass is 179 g/mol. The van der Waals surface area contributed by atoms with Gasteiger partial charge in [-0.2, -0.15) is 0 Å². The van der Waals surface area contributed by atoms with Gasteiger partial charge in [-0.1, -0.05) is 12.2 Å². The zero-order valence-electron chi connectivity index (χ0n) is 7.31. The smallest absolute Gasteiger partial charge is 0.321 e. The molecule has 0 amide bonds. The van der Waals surface area contributed by atoms with E-state index in [4.69, 9.17) is 5.11 Å². The quantitative estimate of drug-likeness (QED) is 0.576. The summed E-state index contributed by atoms with van der Waals surface area (Å²) in [5, 5.41) is 12.1. The maximum Gasteiger partial charge on any atom is 0.321 e. The molecule has 5 unspecified atom stereocenters. The molecule has 70 valence electrons. The van der Waals surface area contributed by atoms with E-state index in [0.717, 1.165) is 6.54 Å². The summed E-state index contributed by atoms with van der Waals surface area (Å²) >= 11 is 0. The summed E-state index contributed by atoms with van der Waals surface area (Å²) in [5.41, 5.74) is 0. The van der Waals surface area contributed by atoms with E-state index in [1.807, 2.05) is 0 Å². The normalized spacial score (nSPS) is 51.2. The van der Waals surface area contributed by atoms with Crippen molar-refractivity contribution in [3.63, 3.8) is 0 Å². The number of aliphatic carboxylic acids is 1. The maximum absolute atomic E-state index is 10.9. The summed E-state index contributed by atoms with van der Waals surface area (Å²) < 4.78 is 0. The number of carboxylic acids is 1. The van der Waals surface area contributed by atoms with Gasteiger partial charge in [0.15, 0.2) is 0 Å². The van der Waals surface area contributed by atoms with Crippen molar-refractivity contribution in [3.8, 4) is 0 Å². The number of fused-ring (bicyclic) bond motifs is 5. The van der Waals surface area contributed by atoms with Crippen molar-refractivity contribution in [1.82, 2.24) is 5.32 Å². The van der Waals surface area contributed by atoms with Crippen molar-refractivity contribution in [3.05, 3.63) is 12.2 Å². The Labute approximate surface area is 76.8 Å². The van der Waals surface area contributed by atoms with E-state index in [9.17, 15) is 4.79 Å². The van der Waals surface area contributed by atoms with Gasteiger partial charge >= 0.3 is 5.97 Å². The molecule has 5 atom stereocenters. The zero-order chi connectivity index (χ0) is 9.00. The van der Waals surface area contributed by atoms with Crippen molar-refractivity contribution in [1.29, 1.82) is 0 Å². The van der Waals surface area contributed by atoms with E-state index in [-0.39, 0.29) is 6.04 Å². The van der Waals surface area contributed by atoms with E-state index < -0.39 is 5.97 Å². The number of carbonyl (C=O) groups is 1. The Bertz CT molecular complexity index is 287. The first kappa shape index (κ1) is 7.56. The fraction of sp³-hybridized carbons (Fsp3) is 0.700. The van der Waals surface area contributed by atoms with Crippen LogP contribution in [0.4, 0.5) is 0 Å². The van der Waals surface area contributed by atoms with Gasteiger partial charge in [0.2, 0.25) is 0 Å². The molecule has 13 heavy (non-hydrogen) atoms. The Balaban J connectivity index is 1.92. The molecule has 0 spiro atoms. The molecular formula is C10H13NO2. The molecule has 3 aliphatic rings. The van der Waals surface area contributed by atoms with Gasteiger partial charge in [-0.3, -0.25) is 4.79 Å². The third-order valence-electron chi connectivity index (χ3n) is 3.91. The van der Waals surface area contributed by atoms with Crippen molar-refractivity contribution >= 4 is 5.97 Å². The first-order valence-electron chi connectivity index (χ1n) is 4.92. The molecule has 3 rings (SSSR count). The predicted octanol–water partition coefficient (Wildman–Crippen LogP) is 0.481. The van der Waals surface area contributed by atoms with Gasteiger partial charge in [-0.05, 0) is 36.6 Å². The van der Waals surface area contributed by atoms with Gasteiger partial charge in [-0.15, -0.1) is 0 Å². The molecule has 1 saturated heterocycles. The minimum atomic E-state index is -0.673. The fourth-order valence-corrected chi connectivity index (χ4v) is 3.40. The van der Waals surface area contributed by atoms with E-state index in [0.29, 0.717) is 23.7 Å². The summed E-state index contributed by atoms with van der Waals surface area (Å²) in [4.78, 5) is 10.9. The lowest BCUT2D eigenvalue weighted by molar-refractivity contribution is -0.140. The summed E-state index contributed by atoms with van der Waals surface area (Å²) in [7, 11) is 0. The lowest BCUT2D eigenvalue weighted by Gasteiger charge is -2.22. The Morgan fingerprint density at radius 1 is 1.38 bits per heavy atom. The molecule has 0 aromatic rings. The molecule has 2 N–H and O–H groups in total. The van der Waals surface area contributed by atoms with Gasteiger partial charge in [0.05, 0.1) is 0 Å². The van der Waals surface area contributed by atoms with Gasteiger partial charge in [0, 0.05) is 0 Å². The van der Waals surface area contributed by atoms with Crippen LogP contribution in [0, 0.1) is 23.7 Å². The highest BCUT2D eigenvalue weighted by Crippen LogP contribution is 2.51. The van der Waals surface area contributed by atoms with Crippen molar-refractivity contribution in [2.45, 2.75) is 12.5 Å². The van der Waals surface area contributed by atoms with Crippen LogP contribution in [0.3, 0.4) is 0 Å². The molecular weight excluding hydrogens is 166 g/mol. The van der Waals surface area contributed by atoms with Gasteiger partial charge in [0.1, 0.15) is 6.04 Å². The van der Waals surface area contributed by atoms with Gasteiger partial charge in [-0.25, -0.2) is 0 Å². The van der Waals surface area contributed by atoms with E-state index >= 15 is 0 Å². The number of rotatable bonds is 1. The van der Waals surface area contributed by atoms with E-state index in [1.165, 1.54) is 6.42 Å². The molecule has 3 nitrogen and oxygen atoms in total. The summed E-state index contributed by atoms with van der Waals surface area (Å²) in [6, 6.07) is -0.287. The Morgan fingerprint density at radius 2 is 2.15 bits per heavy atom. The third kappa shape index (κ3) is 0.854. The van der Waals surface area contributed by atoms with Gasteiger partial charge in [0.25, 0.3) is 0 Å². The lowest BCUT2D eigenvalue weighted by atomic mass is 9.82. The second-order valence-corrected chi connectivity index (χ2v) is 4.41. The highest BCUT2D eigenvalue weighted by molar-refractivity contribution is 5.74. The second kappa shape index (κ2) is 2.35. The topological polar surface area (TPSA) is 49.3 Å². The Kier molecular flexibility index (Phi) is 1.37. The largest absolute Gasteiger partial charge is 0.480 e. The summed E-state index contributed by atoms with van der Waals surface area (Å²) in [5.74, 6) is 1.48. The van der Waals surface area contributed by atoms with Crippen molar-refractivity contribution in [2.24, 2.45) is 23.7 Å². The minimum Gasteiger partial charge on any atom is -0.480 e. The molecule has 1 aliphatic heterocycles. The van der Waals surface area contributed by atoms with Crippen LogP contribution in [-0.4, -0.2) is 23.7 Å². The minimum absolute atomic E-state index is 0.287. The molecule has 2 bridgehead atoms. The average molecular weight is 179 g/mol. The molecule has 0 radical (unpaired) electrons. The van der Waals surface area contributed by atoms with Crippen LogP contribution in [0.1, 0.15) is 6.42 Å². The highest BCUT2D eigenvalue weighted by atomic mass is 16.4.